The number of hydrogen-bond donors (Lipinski definition) is 0. The van der Waals surface area contributed by atoms with Gasteiger partial charge in [-0.25, -0.2) is 4.79 Å². The van der Waals surface area contributed by atoms with E-state index >= 15 is 0 Å². The Hall–Kier alpha value is -4.64. The summed E-state index contributed by atoms with van der Waals surface area (Å²) in [4.78, 5) is 25.7. The lowest BCUT2D eigenvalue weighted by Crippen LogP contribution is -2.02. The molecule has 0 spiro atoms. The molecule has 0 radical (unpaired) electrons. The topological polar surface area (TPSA) is 65.0 Å². The number of rotatable bonds is 10. The highest BCUT2D eigenvalue weighted by atomic mass is 16.5. The summed E-state index contributed by atoms with van der Waals surface area (Å²) in [6, 6.07) is 13.7. The van der Waals surface area contributed by atoms with Gasteiger partial charge in [0.2, 0.25) is 0 Å². The summed E-state index contributed by atoms with van der Waals surface area (Å²) >= 11 is 0. The molecular weight excluding hydrogens is 470 g/mol. The van der Waals surface area contributed by atoms with Gasteiger partial charge in [0.1, 0.15) is 0 Å². The molecule has 0 unspecified atom stereocenters. The molecule has 0 aliphatic rings. The number of allylic oxidation sites excluding steroid dienone is 5. The first-order valence-corrected chi connectivity index (χ1v) is 12.7. The van der Waals surface area contributed by atoms with Gasteiger partial charge in [0.25, 0.3) is 0 Å². The monoisotopic (exact) mass is 501 g/mol. The Morgan fingerprint density at radius 1 is 0.842 bits per heavy atom. The Kier molecular flexibility index (Phi) is 9.08. The number of nitrogens with zero attached hydrogens (tertiary/aromatic N) is 3. The van der Waals surface area contributed by atoms with Crippen LogP contribution < -0.4 is 0 Å². The number of aromatic nitrogens is 3. The van der Waals surface area contributed by atoms with Crippen molar-refractivity contribution in [2.45, 2.75) is 26.2 Å². The quantitative estimate of drug-likeness (QED) is 0.125. The molecule has 5 nitrogen and oxygen atoms in total. The summed E-state index contributed by atoms with van der Waals surface area (Å²) in [5.41, 5.74) is 7.76. The SMILES string of the molecule is C=C/C(=C\C=C/CCCC)c1cncc(-c2cc(C(=O)OC)cc(-c3cncc(-c4cccnc4)c3)c2)c1. The molecule has 1 aromatic carbocycles. The molecule has 0 saturated carbocycles. The number of unbranched alkanes of at least 4 members (excludes halogenated alkanes) is 2. The van der Waals surface area contributed by atoms with Crippen LogP contribution in [-0.4, -0.2) is 28.0 Å². The van der Waals surface area contributed by atoms with Crippen molar-refractivity contribution in [3.63, 3.8) is 0 Å². The minimum atomic E-state index is -0.405. The Morgan fingerprint density at radius 2 is 1.47 bits per heavy atom. The molecule has 0 N–H and O–H groups in total. The molecule has 0 aliphatic heterocycles. The smallest absolute Gasteiger partial charge is 0.337 e. The number of carbonyl (C=O) groups excluding carboxylic acids is 1. The van der Waals surface area contributed by atoms with Crippen LogP contribution in [0.15, 0.2) is 111 Å². The van der Waals surface area contributed by atoms with Crippen molar-refractivity contribution in [1.82, 2.24) is 15.0 Å². The van der Waals surface area contributed by atoms with Gasteiger partial charge in [-0.15, -0.1) is 0 Å². The predicted molar refractivity (Wildman–Crippen MR) is 154 cm³/mol. The number of benzene rings is 1. The van der Waals surface area contributed by atoms with Crippen LogP contribution in [0.2, 0.25) is 0 Å². The second kappa shape index (κ2) is 13.1. The van der Waals surface area contributed by atoms with Gasteiger partial charge < -0.3 is 4.74 Å². The van der Waals surface area contributed by atoms with E-state index in [0.717, 1.165) is 50.9 Å². The lowest BCUT2D eigenvalue weighted by Gasteiger charge is -2.11. The second-order valence-electron chi connectivity index (χ2n) is 8.85. The van der Waals surface area contributed by atoms with Gasteiger partial charge in [-0.3, -0.25) is 15.0 Å². The lowest BCUT2D eigenvalue weighted by molar-refractivity contribution is 0.0601. The maximum atomic E-state index is 12.6. The summed E-state index contributed by atoms with van der Waals surface area (Å²) < 4.78 is 5.05. The molecular formula is C33H31N3O2. The van der Waals surface area contributed by atoms with Gasteiger partial charge >= 0.3 is 5.97 Å². The molecule has 3 heterocycles. The zero-order chi connectivity index (χ0) is 26.7. The van der Waals surface area contributed by atoms with E-state index < -0.39 is 5.97 Å². The number of esters is 1. The van der Waals surface area contributed by atoms with Crippen LogP contribution in [-0.2, 0) is 4.74 Å². The maximum Gasteiger partial charge on any atom is 0.337 e. The maximum absolute atomic E-state index is 12.6. The van der Waals surface area contributed by atoms with Crippen LogP contribution in [0, 0.1) is 0 Å². The standard InChI is InChI=1S/C33H31N3O2/c1-4-6-7-8-9-11-24(5-2)29-17-31(22-35-20-29)26-14-27(16-28(15-26)33(37)38-3)32-18-30(21-36-23-32)25-12-10-13-34-19-25/h5,8-23H,2,4,6-7H2,1,3H3/b9-8-,24-11+. The summed E-state index contributed by atoms with van der Waals surface area (Å²) in [7, 11) is 1.39. The second-order valence-corrected chi connectivity index (χ2v) is 8.85. The molecule has 4 aromatic rings. The number of hydrogen-bond acceptors (Lipinski definition) is 5. The number of carbonyl (C=O) groups is 1. The average molecular weight is 502 g/mol. The van der Waals surface area contributed by atoms with Crippen molar-refractivity contribution in [2.75, 3.05) is 7.11 Å². The van der Waals surface area contributed by atoms with Crippen molar-refractivity contribution >= 4 is 11.5 Å². The van der Waals surface area contributed by atoms with Crippen molar-refractivity contribution in [3.05, 3.63) is 122 Å². The highest BCUT2D eigenvalue weighted by Crippen LogP contribution is 2.31. The molecule has 0 aliphatic carbocycles. The zero-order valence-corrected chi connectivity index (χ0v) is 21.8. The fourth-order valence-corrected chi connectivity index (χ4v) is 4.11. The lowest BCUT2D eigenvalue weighted by atomic mass is 9.95. The van der Waals surface area contributed by atoms with Crippen molar-refractivity contribution in [3.8, 4) is 33.4 Å². The van der Waals surface area contributed by atoms with E-state index in [1.807, 2.05) is 48.7 Å². The van der Waals surface area contributed by atoms with E-state index in [-0.39, 0.29) is 0 Å². The molecule has 0 bridgehead atoms. The van der Waals surface area contributed by atoms with Gasteiger partial charge in [0.15, 0.2) is 0 Å². The molecule has 190 valence electrons. The summed E-state index contributed by atoms with van der Waals surface area (Å²) in [5.74, 6) is -0.405. The van der Waals surface area contributed by atoms with Crippen LogP contribution in [0.4, 0.5) is 0 Å². The van der Waals surface area contributed by atoms with Gasteiger partial charge in [0, 0.05) is 65.0 Å². The fourth-order valence-electron chi connectivity index (χ4n) is 4.11. The van der Waals surface area contributed by atoms with Crippen LogP contribution in [0.25, 0.3) is 39.0 Å². The molecule has 38 heavy (non-hydrogen) atoms. The fraction of sp³-hybridized carbons (Fsp3) is 0.152. The minimum Gasteiger partial charge on any atom is -0.465 e. The molecule has 4 rings (SSSR count). The van der Waals surface area contributed by atoms with E-state index in [1.54, 1.807) is 31.0 Å². The molecule has 3 aromatic heterocycles. The summed E-state index contributed by atoms with van der Waals surface area (Å²) in [6.07, 6.45) is 22.3. The van der Waals surface area contributed by atoms with E-state index in [2.05, 4.69) is 52.7 Å². The highest BCUT2D eigenvalue weighted by molar-refractivity contribution is 5.93. The Balaban J connectivity index is 1.75. The first-order chi connectivity index (χ1) is 18.6. The summed E-state index contributed by atoms with van der Waals surface area (Å²) in [5, 5.41) is 0. The van der Waals surface area contributed by atoms with Crippen LogP contribution in [0.1, 0.15) is 42.1 Å². The average Bonchev–Trinajstić information content (AvgIpc) is 2.99. The Bertz CT molecular complexity index is 1470. The van der Waals surface area contributed by atoms with Crippen molar-refractivity contribution in [1.29, 1.82) is 0 Å². The number of ether oxygens (including phenoxy) is 1. The van der Waals surface area contributed by atoms with Crippen LogP contribution >= 0.6 is 0 Å². The number of pyridine rings is 3. The molecule has 0 atom stereocenters. The third-order valence-electron chi connectivity index (χ3n) is 6.18. The normalized spacial score (nSPS) is 11.5. The van der Waals surface area contributed by atoms with Crippen molar-refractivity contribution < 1.29 is 9.53 Å². The molecule has 0 amide bonds. The highest BCUT2D eigenvalue weighted by Gasteiger charge is 2.13. The van der Waals surface area contributed by atoms with Crippen LogP contribution in [0.3, 0.4) is 0 Å². The van der Waals surface area contributed by atoms with E-state index in [9.17, 15) is 4.79 Å². The first-order valence-electron chi connectivity index (χ1n) is 12.7. The third kappa shape index (κ3) is 6.56. The number of methoxy groups -OCH3 is 1. The van der Waals surface area contributed by atoms with Gasteiger partial charge in [-0.05, 0) is 59.5 Å². The van der Waals surface area contributed by atoms with Crippen molar-refractivity contribution in [2.24, 2.45) is 0 Å². The largest absolute Gasteiger partial charge is 0.465 e. The van der Waals surface area contributed by atoms with Gasteiger partial charge in [-0.1, -0.05) is 56.7 Å². The van der Waals surface area contributed by atoms with Gasteiger partial charge in [-0.2, -0.15) is 0 Å². The predicted octanol–water partition coefficient (Wildman–Crippen LogP) is 7.98. The summed E-state index contributed by atoms with van der Waals surface area (Å²) in [6.45, 7) is 6.17. The molecule has 0 fully saturated rings. The van der Waals surface area contributed by atoms with E-state index in [0.29, 0.717) is 5.56 Å². The Morgan fingerprint density at radius 3 is 2.13 bits per heavy atom. The molecule has 5 heteroatoms. The van der Waals surface area contributed by atoms with Crippen LogP contribution in [0.5, 0.6) is 0 Å². The van der Waals surface area contributed by atoms with E-state index in [4.69, 9.17) is 4.74 Å². The zero-order valence-electron chi connectivity index (χ0n) is 21.8. The van der Waals surface area contributed by atoms with E-state index in [1.165, 1.54) is 20.0 Å². The Labute approximate surface area is 224 Å². The van der Waals surface area contributed by atoms with Gasteiger partial charge in [0.05, 0.1) is 12.7 Å². The third-order valence-corrected chi connectivity index (χ3v) is 6.18. The first kappa shape index (κ1) is 26.4. The molecule has 0 saturated heterocycles. The minimum absolute atomic E-state index is 0.405.